The molecule has 0 radical (unpaired) electrons. The molecule has 0 bridgehead atoms. The van der Waals surface area contributed by atoms with Gasteiger partial charge in [-0.15, -0.1) is 0 Å². The predicted octanol–water partition coefficient (Wildman–Crippen LogP) is 3.35. The minimum absolute atomic E-state index is 0.0956. The summed E-state index contributed by atoms with van der Waals surface area (Å²) in [4.78, 5) is 14.9. The van der Waals surface area contributed by atoms with Crippen molar-refractivity contribution in [3.05, 3.63) is 52.4 Å². The van der Waals surface area contributed by atoms with E-state index in [0.29, 0.717) is 15.9 Å². The molecule has 3 nitrogen and oxygen atoms in total. The average molecular weight is 296 g/mol. The van der Waals surface area contributed by atoms with Crippen LogP contribution in [-0.2, 0) is 0 Å². The van der Waals surface area contributed by atoms with E-state index in [2.05, 4.69) is 20.9 Å². The highest BCUT2D eigenvalue weighted by Crippen LogP contribution is 2.21. The van der Waals surface area contributed by atoms with Gasteiger partial charge in [0.25, 0.3) is 0 Å². The van der Waals surface area contributed by atoms with Gasteiger partial charge >= 0.3 is 5.97 Å². The van der Waals surface area contributed by atoms with Gasteiger partial charge in [0.15, 0.2) is 0 Å². The smallest absolute Gasteiger partial charge is 0.335 e. The summed E-state index contributed by atoms with van der Waals surface area (Å²) in [6, 6.07) is 8.79. The van der Waals surface area contributed by atoms with Crippen molar-refractivity contribution in [3.63, 3.8) is 0 Å². The van der Waals surface area contributed by atoms with Crippen molar-refractivity contribution < 1.29 is 14.3 Å². The molecule has 1 N–H and O–H groups in total. The Morgan fingerprint density at radius 3 is 2.71 bits per heavy atom. The zero-order valence-corrected chi connectivity index (χ0v) is 10.1. The number of aromatic carboxylic acids is 1. The molecule has 0 unspecified atom stereocenters. The van der Waals surface area contributed by atoms with E-state index in [1.165, 1.54) is 12.1 Å². The molecule has 1 heterocycles. The van der Waals surface area contributed by atoms with Crippen molar-refractivity contribution in [1.82, 2.24) is 4.98 Å². The van der Waals surface area contributed by atoms with Crippen LogP contribution in [0.3, 0.4) is 0 Å². The van der Waals surface area contributed by atoms with E-state index in [9.17, 15) is 9.18 Å². The molecule has 5 heteroatoms. The average Bonchev–Trinajstić information content (AvgIpc) is 2.28. The Morgan fingerprint density at radius 2 is 2.06 bits per heavy atom. The van der Waals surface area contributed by atoms with Gasteiger partial charge in [0.1, 0.15) is 10.4 Å². The lowest BCUT2D eigenvalue weighted by Gasteiger charge is -2.03. The van der Waals surface area contributed by atoms with Crippen LogP contribution < -0.4 is 0 Å². The zero-order valence-electron chi connectivity index (χ0n) is 8.52. The van der Waals surface area contributed by atoms with Crippen LogP contribution in [0.4, 0.5) is 4.39 Å². The normalized spacial score (nSPS) is 10.2. The highest BCUT2D eigenvalue weighted by atomic mass is 79.9. The highest BCUT2D eigenvalue weighted by molar-refractivity contribution is 9.10. The third-order valence-electron chi connectivity index (χ3n) is 2.16. The third-order valence-corrected chi connectivity index (χ3v) is 2.60. The lowest BCUT2D eigenvalue weighted by molar-refractivity contribution is 0.0696. The summed E-state index contributed by atoms with van der Waals surface area (Å²) in [5.41, 5.74) is 0.854. The van der Waals surface area contributed by atoms with Crippen molar-refractivity contribution in [2.75, 3.05) is 0 Å². The van der Waals surface area contributed by atoms with Crippen LogP contribution in [0.25, 0.3) is 11.3 Å². The Kier molecular flexibility index (Phi) is 3.19. The molecule has 0 aliphatic heterocycles. The van der Waals surface area contributed by atoms with Gasteiger partial charge in [-0.1, -0.05) is 6.07 Å². The number of aromatic nitrogens is 1. The fourth-order valence-electron chi connectivity index (χ4n) is 1.43. The van der Waals surface area contributed by atoms with Crippen molar-refractivity contribution in [1.29, 1.82) is 0 Å². The van der Waals surface area contributed by atoms with E-state index >= 15 is 0 Å². The molecule has 0 spiro atoms. The van der Waals surface area contributed by atoms with E-state index in [1.54, 1.807) is 18.2 Å². The molecule has 1 aromatic carbocycles. The maximum atomic E-state index is 13.3. The Labute approximate surface area is 105 Å². The second-order valence-electron chi connectivity index (χ2n) is 3.38. The third kappa shape index (κ3) is 2.68. The maximum absolute atomic E-state index is 13.3. The lowest BCUT2D eigenvalue weighted by Crippen LogP contribution is -1.98. The zero-order chi connectivity index (χ0) is 12.4. The molecule has 0 atom stereocenters. The van der Waals surface area contributed by atoms with Crippen molar-refractivity contribution in [2.45, 2.75) is 0 Å². The first-order valence-corrected chi connectivity index (χ1v) is 5.52. The number of carboxylic acids is 1. The number of halogens is 2. The standard InChI is InChI=1S/C12H7BrFNO2/c13-11-3-1-2-10(15-11)7-4-8(12(16)17)6-9(14)5-7/h1-6H,(H,16,17). The van der Waals surface area contributed by atoms with Crippen LogP contribution in [0, 0.1) is 5.82 Å². The number of hydrogen-bond acceptors (Lipinski definition) is 2. The predicted molar refractivity (Wildman–Crippen MR) is 64.3 cm³/mol. The van der Waals surface area contributed by atoms with Crippen molar-refractivity contribution in [2.24, 2.45) is 0 Å². The molecule has 2 aromatic rings. The second kappa shape index (κ2) is 4.63. The molecule has 1 aromatic heterocycles. The largest absolute Gasteiger partial charge is 0.478 e. The molecular formula is C12H7BrFNO2. The van der Waals surface area contributed by atoms with Gasteiger partial charge < -0.3 is 5.11 Å². The lowest BCUT2D eigenvalue weighted by atomic mass is 10.1. The molecule has 86 valence electrons. The van der Waals surface area contributed by atoms with E-state index < -0.39 is 11.8 Å². The number of pyridine rings is 1. The fraction of sp³-hybridized carbons (Fsp3) is 0. The van der Waals surface area contributed by atoms with Crippen LogP contribution in [0.1, 0.15) is 10.4 Å². The molecule has 0 fully saturated rings. The summed E-state index contributed by atoms with van der Waals surface area (Å²) in [7, 11) is 0. The first kappa shape index (κ1) is 11.7. The number of carboxylic acid groups (broad SMARTS) is 1. The van der Waals surface area contributed by atoms with Gasteiger partial charge in [-0.05, 0) is 46.3 Å². The van der Waals surface area contributed by atoms with Gasteiger partial charge in [0.2, 0.25) is 0 Å². The van der Waals surface area contributed by atoms with E-state index in [-0.39, 0.29) is 5.56 Å². The van der Waals surface area contributed by atoms with Gasteiger partial charge in [-0.25, -0.2) is 14.2 Å². The minimum atomic E-state index is -1.17. The molecule has 0 amide bonds. The highest BCUT2D eigenvalue weighted by Gasteiger charge is 2.09. The summed E-state index contributed by atoms with van der Waals surface area (Å²) in [6.45, 7) is 0. The van der Waals surface area contributed by atoms with Crippen LogP contribution in [0.2, 0.25) is 0 Å². The summed E-state index contributed by atoms with van der Waals surface area (Å²) in [5.74, 6) is -1.76. The van der Waals surface area contributed by atoms with Crippen LogP contribution in [0.5, 0.6) is 0 Å². The first-order chi connectivity index (χ1) is 8.06. The summed E-state index contributed by atoms with van der Waals surface area (Å²) in [5, 5.41) is 8.84. The summed E-state index contributed by atoms with van der Waals surface area (Å²) >= 11 is 3.20. The summed E-state index contributed by atoms with van der Waals surface area (Å²) in [6.07, 6.45) is 0. The van der Waals surface area contributed by atoms with E-state index in [4.69, 9.17) is 5.11 Å². The molecule has 0 saturated carbocycles. The summed E-state index contributed by atoms with van der Waals surface area (Å²) < 4.78 is 13.9. The number of rotatable bonds is 2. The van der Waals surface area contributed by atoms with Gasteiger partial charge in [-0.3, -0.25) is 0 Å². The molecule has 0 aliphatic carbocycles. The quantitative estimate of drug-likeness (QED) is 0.865. The maximum Gasteiger partial charge on any atom is 0.335 e. The van der Waals surface area contributed by atoms with Crippen LogP contribution in [-0.4, -0.2) is 16.1 Å². The fourth-order valence-corrected chi connectivity index (χ4v) is 1.77. The number of carbonyl (C=O) groups is 1. The SMILES string of the molecule is O=C(O)c1cc(F)cc(-c2cccc(Br)n2)c1. The number of benzene rings is 1. The van der Waals surface area contributed by atoms with Gasteiger partial charge in [0, 0.05) is 5.56 Å². The van der Waals surface area contributed by atoms with Crippen molar-refractivity contribution >= 4 is 21.9 Å². The monoisotopic (exact) mass is 295 g/mol. The second-order valence-corrected chi connectivity index (χ2v) is 4.19. The first-order valence-electron chi connectivity index (χ1n) is 4.73. The minimum Gasteiger partial charge on any atom is -0.478 e. The Morgan fingerprint density at radius 1 is 1.29 bits per heavy atom. The Hall–Kier alpha value is -1.75. The van der Waals surface area contributed by atoms with E-state index in [0.717, 1.165) is 6.07 Å². The van der Waals surface area contributed by atoms with Gasteiger partial charge in [-0.2, -0.15) is 0 Å². The van der Waals surface area contributed by atoms with Crippen LogP contribution >= 0.6 is 15.9 Å². The van der Waals surface area contributed by atoms with Crippen molar-refractivity contribution in [3.8, 4) is 11.3 Å². The molecule has 0 saturated heterocycles. The molecule has 2 rings (SSSR count). The number of hydrogen-bond donors (Lipinski definition) is 1. The van der Waals surface area contributed by atoms with Gasteiger partial charge in [0.05, 0.1) is 11.3 Å². The molecule has 17 heavy (non-hydrogen) atoms. The van der Waals surface area contributed by atoms with E-state index in [1.807, 2.05) is 0 Å². The van der Waals surface area contributed by atoms with Crippen LogP contribution in [0.15, 0.2) is 41.0 Å². The topological polar surface area (TPSA) is 50.2 Å². The molecular weight excluding hydrogens is 289 g/mol. The number of nitrogens with zero attached hydrogens (tertiary/aromatic N) is 1. The Balaban J connectivity index is 2.56. The Bertz CT molecular complexity index is 586. The molecule has 0 aliphatic rings.